The normalized spacial score (nSPS) is 11.5. The fourth-order valence-corrected chi connectivity index (χ4v) is 2.10. The van der Waals surface area contributed by atoms with Gasteiger partial charge in [-0.1, -0.05) is 35.9 Å². The SMILES string of the molecule is COc1ccc(C(/C=C/c2ccccc2Cl)=N\NC(N)=S)cc1. The van der Waals surface area contributed by atoms with Gasteiger partial charge in [-0.25, -0.2) is 0 Å². The van der Waals surface area contributed by atoms with Crippen molar-refractivity contribution in [2.45, 2.75) is 0 Å². The smallest absolute Gasteiger partial charge is 0.184 e. The van der Waals surface area contributed by atoms with Crippen LogP contribution in [0.25, 0.3) is 6.08 Å². The Morgan fingerprint density at radius 2 is 1.91 bits per heavy atom. The molecule has 0 saturated heterocycles. The number of nitrogens with two attached hydrogens (primary N) is 1. The lowest BCUT2D eigenvalue weighted by Gasteiger charge is -2.05. The van der Waals surface area contributed by atoms with Crippen LogP contribution in [-0.4, -0.2) is 17.9 Å². The molecule has 0 saturated carbocycles. The van der Waals surface area contributed by atoms with Crippen molar-refractivity contribution in [1.29, 1.82) is 0 Å². The topological polar surface area (TPSA) is 59.6 Å². The summed E-state index contributed by atoms with van der Waals surface area (Å²) in [6.45, 7) is 0. The first kappa shape index (κ1) is 17.0. The molecule has 2 aromatic rings. The molecule has 0 fully saturated rings. The van der Waals surface area contributed by atoms with Crippen molar-refractivity contribution in [2.75, 3.05) is 7.11 Å². The van der Waals surface area contributed by atoms with Crippen LogP contribution in [0.3, 0.4) is 0 Å². The number of hydrogen-bond donors (Lipinski definition) is 2. The van der Waals surface area contributed by atoms with E-state index in [0.717, 1.165) is 16.9 Å². The molecule has 2 rings (SSSR count). The van der Waals surface area contributed by atoms with Crippen LogP contribution < -0.4 is 15.9 Å². The van der Waals surface area contributed by atoms with Crippen LogP contribution in [0.15, 0.2) is 59.7 Å². The molecular weight excluding hydrogens is 330 g/mol. The Morgan fingerprint density at radius 3 is 2.52 bits per heavy atom. The first-order valence-corrected chi connectivity index (χ1v) is 7.59. The number of nitrogens with zero attached hydrogens (tertiary/aromatic N) is 1. The maximum Gasteiger partial charge on any atom is 0.184 e. The van der Waals surface area contributed by atoms with Crippen LogP contribution in [0.1, 0.15) is 11.1 Å². The van der Waals surface area contributed by atoms with E-state index < -0.39 is 0 Å². The lowest BCUT2D eigenvalue weighted by Crippen LogP contribution is -2.25. The molecule has 0 amide bonds. The van der Waals surface area contributed by atoms with Gasteiger partial charge in [-0.3, -0.25) is 5.43 Å². The van der Waals surface area contributed by atoms with Crippen LogP contribution in [-0.2, 0) is 0 Å². The van der Waals surface area contributed by atoms with Gasteiger partial charge in [0.2, 0.25) is 0 Å². The average Bonchev–Trinajstić information content (AvgIpc) is 2.56. The van der Waals surface area contributed by atoms with Crippen molar-refractivity contribution in [3.05, 3.63) is 70.8 Å². The molecule has 0 aliphatic carbocycles. The van der Waals surface area contributed by atoms with Gasteiger partial charge in [-0.15, -0.1) is 0 Å². The molecule has 0 atom stereocenters. The molecule has 118 valence electrons. The maximum absolute atomic E-state index is 6.16. The molecular formula is C17H16ClN3OS. The Balaban J connectivity index is 2.32. The molecule has 0 aromatic heterocycles. The van der Waals surface area contributed by atoms with E-state index in [1.165, 1.54) is 0 Å². The van der Waals surface area contributed by atoms with Gasteiger partial charge in [-0.05, 0) is 54.2 Å². The molecule has 6 heteroatoms. The van der Waals surface area contributed by atoms with Crippen LogP contribution in [0.2, 0.25) is 5.02 Å². The summed E-state index contributed by atoms with van der Waals surface area (Å²) in [5.74, 6) is 0.769. The Kier molecular flexibility index (Phi) is 6.14. The monoisotopic (exact) mass is 345 g/mol. The van der Waals surface area contributed by atoms with Gasteiger partial charge in [0.05, 0.1) is 12.8 Å². The molecule has 0 spiro atoms. The van der Waals surface area contributed by atoms with E-state index in [0.29, 0.717) is 10.7 Å². The highest BCUT2D eigenvalue weighted by Crippen LogP contribution is 2.17. The van der Waals surface area contributed by atoms with Crippen molar-refractivity contribution in [2.24, 2.45) is 10.8 Å². The van der Waals surface area contributed by atoms with Gasteiger partial charge in [0.15, 0.2) is 5.11 Å². The Labute approximate surface area is 145 Å². The highest BCUT2D eigenvalue weighted by Gasteiger charge is 2.02. The minimum Gasteiger partial charge on any atom is -0.497 e. The highest BCUT2D eigenvalue weighted by atomic mass is 35.5. The van der Waals surface area contributed by atoms with E-state index >= 15 is 0 Å². The van der Waals surface area contributed by atoms with Crippen molar-refractivity contribution in [1.82, 2.24) is 5.43 Å². The quantitative estimate of drug-likeness (QED) is 0.494. The average molecular weight is 346 g/mol. The van der Waals surface area contributed by atoms with E-state index in [9.17, 15) is 0 Å². The molecule has 4 nitrogen and oxygen atoms in total. The number of hydrazone groups is 1. The second-order valence-electron chi connectivity index (χ2n) is 4.56. The second-order valence-corrected chi connectivity index (χ2v) is 5.40. The van der Waals surface area contributed by atoms with E-state index in [4.69, 9.17) is 34.3 Å². The van der Waals surface area contributed by atoms with Crippen LogP contribution in [0.5, 0.6) is 5.75 Å². The van der Waals surface area contributed by atoms with Crippen molar-refractivity contribution in [3.63, 3.8) is 0 Å². The molecule has 0 aliphatic rings. The summed E-state index contributed by atoms with van der Waals surface area (Å²) in [4.78, 5) is 0. The van der Waals surface area contributed by atoms with Crippen molar-refractivity contribution >= 4 is 40.7 Å². The number of benzene rings is 2. The summed E-state index contributed by atoms with van der Waals surface area (Å²) in [5.41, 5.74) is 10.5. The van der Waals surface area contributed by atoms with Crippen LogP contribution in [0.4, 0.5) is 0 Å². The number of methoxy groups -OCH3 is 1. The summed E-state index contributed by atoms with van der Waals surface area (Å²) < 4.78 is 5.16. The molecule has 0 bridgehead atoms. The number of ether oxygens (including phenoxy) is 1. The van der Waals surface area contributed by atoms with Gasteiger partial charge in [0.25, 0.3) is 0 Å². The number of hydrogen-bond acceptors (Lipinski definition) is 3. The van der Waals surface area contributed by atoms with E-state index in [1.54, 1.807) is 7.11 Å². The first-order chi connectivity index (χ1) is 11.1. The maximum atomic E-state index is 6.16. The number of halogens is 1. The number of allylic oxidation sites excluding steroid dienone is 1. The molecule has 0 unspecified atom stereocenters. The molecule has 3 N–H and O–H groups in total. The molecule has 2 aromatic carbocycles. The van der Waals surface area contributed by atoms with Gasteiger partial charge in [-0.2, -0.15) is 5.10 Å². The van der Waals surface area contributed by atoms with Gasteiger partial charge < -0.3 is 10.5 Å². The predicted octanol–water partition coefficient (Wildman–Crippen LogP) is 3.60. The van der Waals surface area contributed by atoms with Gasteiger partial charge in [0, 0.05) is 10.6 Å². The molecule has 0 heterocycles. The third kappa shape index (κ3) is 5.09. The third-order valence-corrected chi connectivity index (χ3v) is 3.43. The number of nitrogens with one attached hydrogen (secondary N) is 1. The zero-order valence-corrected chi connectivity index (χ0v) is 14.1. The minimum atomic E-state index is 0.0992. The van der Waals surface area contributed by atoms with Gasteiger partial charge >= 0.3 is 0 Å². The fourth-order valence-electron chi connectivity index (χ4n) is 1.85. The predicted molar refractivity (Wildman–Crippen MR) is 99.9 cm³/mol. The summed E-state index contributed by atoms with van der Waals surface area (Å²) >= 11 is 11.0. The minimum absolute atomic E-state index is 0.0992. The van der Waals surface area contributed by atoms with Crippen molar-refractivity contribution < 1.29 is 4.74 Å². The van der Waals surface area contributed by atoms with E-state index in [2.05, 4.69) is 10.5 Å². The Bertz CT molecular complexity index is 742. The highest BCUT2D eigenvalue weighted by molar-refractivity contribution is 7.80. The van der Waals surface area contributed by atoms with E-state index in [-0.39, 0.29) is 5.11 Å². The summed E-state index contributed by atoms with van der Waals surface area (Å²) in [7, 11) is 1.62. The lowest BCUT2D eigenvalue weighted by molar-refractivity contribution is 0.415. The van der Waals surface area contributed by atoms with Crippen LogP contribution >= 0.6 is 23.8 Å². The first-order valence-electron chi connectivity index (χ1n) is 6.80. The summed E-state index contributed by atoms with van der Waals surface area (Å²) in [6, 6.07) is 15.1. The molecule has 0 radical (unpaired) electrons. The Morgan fingerprint density at radius 1 is 1.22 bits per heavy atom. The van der Waals surface area contributed by atoms with Crippen LogP contribution in [0, 0.1) is 0 Å². The lowest BCUT2D eigenvalue weighted by atomic mass is 10.1. The molecule has 23 heavy (non-hydrogen) atoms. The standard InChI is InChI=1S/C17H16ClN3OS/c1-22-14-9-6-13(7-10-14)16(20-21-17(19)23)11-8-12-4-2-3-5-15(12)18/h2-11H,1H3,(H3,19,21,23)/b11-8+,20-16-. The zero-order valence-electron chi connectivity index (χ0n) is 12.5. The Hall–Kier alpha value is -2.37. The number of thiocarbonyl (C=S) groups is 1. The zero-order chi connectivity index (χ0) is 16.7. The summed E-state index contributed by atoms with van der Waals surface area (Å²) in [5, 5.41) is 4.99. The fraction of sp³-hybridized carbons (Fsp3) is 0.0588. The molecule has 0 aliphatic heterocycles. The second kappa shape index (κ2) is 8.31. The largest absolute Gasteiger partial charge is 0.497 e. The van der Waals surface area contributed by atoms with Crippen molar-refractivity contribution in [3.8, 4) is 5.75 Å². The number of rotatable bonds is 5. The summed E-state index contributed by atoms with van der Waals surface area (Å²) in [6.07, 6.45) is 3.72. The third-order valence-electron chi connectivity index (χ3n) is 3.00. The van der Waals surface area contributed by atoms with Gasteiger partial charge in [0.1, 0.15) is 5.75 Å². The van der Waals surface area contributed by atoms with E-state index in [1.807, 2.05) is 60.7 Å².